The topological polar surface area (TPSA) is 77.8 Å². The monoisotopic (exact) mass is 325 g/mol. The molecule has 110 valence electrons. The molecule has 0 fully saturated rings. The highest BCUT2D eigenvalue weighted by Crippen LogP contribution is 2.30. The van der Waals surface area contributed by atoms with Crippen molar-refractivity contribution >= 4 is 40.2 Å². The van der Waals surface area contributed by atoms with E-state index < -0.39 is 17.2 Å². The molecule has 2 aromatic carbocycles. The zero-order valence-corrected chi connectivity index (χ0v) is 12.6. The average Bonchev–Trinajstić information content (AvgIpc) is 2.40. The van der Waals surface area contributed by atoms with Crippen LogP contribution in [0, 0.1) is 6.92 Å². The maximum Gasteiger partial charge on any atom is 0.335 e. The first-order chi connectivity index (χ1) is 9.88. The second kappa shape index (κ2) is 6.26. The van der Waals surface area contributed by atoms with E-state index in [1.807, 2.05) is 6.92 Å². The van der Waals surface area contributed by atoms with Crippen LogP contribution in [0.4, 0.5) is 11.4 Å². The van der Waals surface area contributed by atoms with Crippen molar-refractivity contribution in [2.24, 2.45) is 0 Å². The number of benzene rings is 2. The molecule has 0 aliphatic rings. The highest BCUT2D eigenvalue weighted by molar-refractivity contribution is 7.81. The minimum atomic E-state index is -2.36. The largest absolute Gasteiger partial charge is 0.478 e. The number of carboxylic acid groups (broad SMARTS) is 1. The van der Waals surface area contributed by atoms with E-state index >= 15 is 0 Å². The Labute approximate surface area is 129 Å². The van der Waals surface area contributed by atoms with Gasteiger partial charge in [-0.1, -0.05) is 29.3 Å². The summed E-state index contributed by atoms with van der Waals surface area (Å²) in [5.74, 6) is -1.16. The number of rotatable bonds is 4. The molecule has 7 heteroatoms. The molecule has 0 saturated heterocycles. The van der Waals surface area contributed by atoms with Crippen molar-refractivity contribution in [3.63, 3.8) is 0 Å². The Kier molecular flexibility index (Phi) is 4.62. The standard InChI is InChI=1S/C14H12ClNO4S/c1-9-2-4-12(5-3-9)16(21(19)20)13-7-10(14(17)18)6-11(15)8-13/h2-8H,1H3,(H,17,18)(H,19,20). The van der Waals surface area contributed by atoms with Gasteiger partial charge in [0.1, 0.15) is 0 Å². The van der Waals surface area contributed by atoms with Crippen molar-refractivity contribution < 1.29 is 18.7 Å². The number of hydrogen-bond donors (Lipinski definition) is 2. The Morgan fingerprint density at radius 3 is 2.29 bits per heavy atom. The van der Waals surface area contributed by atoms with Crippen molar-refractivity contribution in [2.75, 3.05) is 4.31 Å². The van der Waals surface area contributed by atoms with Gasteiger partial charge < -0.3 is 5.11 Å². The van der Waals surface area contributed by atoms with Gasteiger partial charge in [0, 0.05) is 5.02 Å². The summed E-state index contributed by atoms with van der Waals surface area (Å²) in [5, 5.41) is 9.22. The first kappa shape index (κ1) is 15.5. The summed E-state index contributed by atoms with van der Waals surface area (Å²) in [5.41, 5.74) is 1.63. The molecule has 1 atom stereocenters. The van der Waals surface area contributed by atoms with Gasteiger partial charge in [-0.05, 0) is 37.3 Å². The summed E-state index contributed by atoms with van der Waals surface area (Å²) >= 11 is 3.53. The second-order valence-electron chi connectivity index (χ2n) is 4.36. The average molecular weight is 326 g/mol. The number of nitrogens with zero attached hydrogens (tertiary/aromatic N) is 1. The Hall–Kier alpha value is -1.89. The van der Waals surface area contributed by atoms with Crippen LogP contribution in [0.2, 0.25) is 5.02 Å². The molecule has 1 unspecified atom stereocenters. The highest BCUT2D eigenvalue weighted by Gasteiger charge is 2.17. The van der Waals surface area contributed by atoms with Gasteiger partial charge in [-0.3, -0.25) is 4.55 Å². The fraction of sp³-hybridized carbons (Fsp3) is 0.0714. The van der Waals surface area contributed by atoms with Crippen LogP contribution >= 0.6 is 11.6 Å². The van der Waals surface area contributed by atoms with E-state index in [0.717, 1.165) is 9.87 Å². The molecule has 0 amide bonds. The van der Waals surface area contributed by atoms with Crippen LogP contribution in [0.25, 0.3) is 0 Å². The quantitative estimate of drug-likeness (QED) is 0.842. The van der Waals surface area contributed by atoms with Crippen molar-refractivity contribution in [1.29, 1.82) is 0 Å². The zero-order chi connectivity index (χ0) is 15.6. The summed E-state index contributed by atoms with van der Waals surface area (Å²) < 4.78 is 22.2. The lowest BCUT2D eigenvalue weighted by Gasteiger charge is -2.20. The lowest BCUT2D eigenvalue weighted by Crippen LogP contribution is -2.19. The number of hydrogen-bond acceptors (Lipinski definition) is 2. The van der Waals surface area contributed by atoms with Gasteiger partial charge >= 0.3 is 5.97 Å². The first-order valence-electron chi connectivity index (χ1n) is 5.90. The molecule has 2 aromatic rings. The third kappa shape index (κ3) is 3.60. The minimum Gasteiger partial charge on any atom is -0.478 e. The molecule has 0 heterocycles. The molecule has 0 bridgehead atoms. The van der Waals surface area contributed by atoms with E-state index in [0.29, 0.717) is 5.69 Å². The smallest absolute Gasteiger partial charge is 0.335 e. The van der Waals surface area contributed by atoms with Crippen molar-refractivity contribution in [2.45, 2.75) is 6.92 Å². The summed E-state index contributed by atoms with van der Waals surface area (Å²) in [4.78, 5) is 11.1. The maximum atomic E-state index is 11.6. The molecular weight excluding hydrogens is 314 g/mol. The molecule has 0 spiro atoms. The molecule has 0 saturated carbocycles. The zero-order valence-electron chi connectivity index (χ0n) is 11.0. The number of aryl methyl sites for hydroxylation is 1. The van der Waals surface area contributed by atoms with E-state index in [1.54, 1.807) is 24.3 Å². The third-order valence-corrected chi connectivity index (χ3v) is 3.74. The second-order valence-corrected chi connectivity index (χ2v) is 5.63. The number of aromatic carboxylic acids is 1. The van der Waals surface area contributed by atoms with Crippen molar-refractivity contribution in [1.82, 2.24) is 0 Å². The number of carboxylic acids is 1. The van der Waals surface area contributed by atoms with Crippen LogP contribution < -0.4 is 4.31 Å². The van der Waals surface area contributed by atoms with Gasteiger partial charge in [-0.15, -0.1) is 0 Å². The maximum absolute atomic E-state index is 11.6. The third-order valence-electron chi connectivity index (χ3n) is 2.79. The van der Waals surface area contributed by atoms with Crippen LogP contribution in [-0.2, 0) is 11.3 Å². The van der Waals surface area contributed by atoms with E-state index in [2.05, 4.69) is 0 Å². The number of carbonyl (C=O) groups is 1. The fourth-order valence-corrected chi connectivity index (χ4v) is 2.64. The van der Waals surface area contributed by atoms with Crippen LogP contribution in [0.3, 0.4) is 0 Å². The molecule has 0 aliphatic heterocycles. The fourth-order valence-electron chi connectivity index (χ4n) is 1.82. The van der Waals surface area contributed by atoms with Gasteiger partial charge in [-0.2, -0.15) is 0 Å². The summed E-state index contributed by atoms with van der Waals surface area (Å²) in [6, 6.07) is 10.9. The van der Waals surface area contributed by atoms with E-state index in [-0.39, 0.29) is 16.3 Å². The molecular formula is C14H12ClNO4S. The van der Waals surface area contributed by atoms with Gasteiger partial charge in [0.25, 0.3) is 11.3 Å². The van der Waals surface area contributed by atoms with Gasteiger partial charge in [0.2, 0.25) is 0 Å². The molecule has 21 heavy (non-hydrogen) atoms. The number of anilines is 2. The van der Waals surface area contributed by atoms with Crippen LogP contribution in [0.5, 0.6) is 0 Å². The van der Waals surface area contributed by atoms with Crippen LogP contribution in [-0.4, -0.2) is 19.8 Å². The first-order valence-corrected chi connectivity index (χ1v) is 7.34. The summed E-state index contributed by atoms with van der Waals surface area (Å²) in [6.07, 6.45) is 0. The summed E-state index contributed by atoms with van der Waals surface area (Å²) in [6.45, 7) is 1.89. The number of halogens is 1. The van der Waals surface area contributed by atoms with E-state index in [4.69, 9.17) is 16.7 Å². The lowest BCUT2D eigenvalue weighted by atomic mass is 10.2. The SMILES string of the molecule is Cc1ccc(N(c2cc(Cl)cc(C(=O)O)c2)S(=O)O)cc1. The predicted molar refractivity (Wildman–Crippen MR) is 82.5 cm³/mol. The molecule has 2 N–H and O–H groups in total. The van der Waals surface area contributed by atoms with Gasteiger partial charge in [0.15, 0.2) is 0 Å². The van der Waals surface area contributed by atoms with Crippen molar-refractivity contribution in [3.8, 4) is 0 Å². The Morgan fingerprint density at radius 2 is 1.76 bits per heavy atom. The van der Waals surface area contributed by atoms with Gasteiger partial charge in [0.05, 0.1) is 16.9 Å². The lowest BCUT2D eigenvalue weighted by molar-refractivity contribution is 0.0697. The normalized spacial score (nSPS) is 12.0. The van der Waals surface area contributed by atoms with Gasteiger partial charge in [-0.25, -0.2) is 13.3 Å². The highest BCUT2D eigenvalue weighted by atomic mass is 35.5. The Morgan fingerprint density at radius 1 is 1.14 bits per heavy atom. The minimum absolute atomic E-state index is 0.0555. The molecule has 5 nitrogen and oxygen atoms in total. The molecule has 0 radical (unpaired) electrons. The Balaban J connectivity index is 2.55. The van der Waals surface area contributed by atoms with Crippen LogP contribution in [0.15, 0.2) is 42.5 Å². The molecule has 0 aromatic heterocycles. The molecule has 0 aliphatic carbocycles. The van der Waals surface area contributed by atoms with Crippen LogP contribution in [0.1, 0.15) is 15.9 Å². The van der Waals surface area contributed by atoms with E-state index in [9.17, 15) is 13.6 Å². The molecule has 2 rings (SSSR count). The van der Waals surface area contributed by atoms with Crippen molar-refractivity contribution in [3.05, 3.63) is 58.6 Å². The Bertz CT molecular complexity index is 703. The van der Waals surface area contributed by atoms with E-state index in [1.165, 1.54) is 18.2 Å². The summed E-state index contributed by atoms with van der Waals surface area (Å²) in [7, 11) is 0. The predicted octanol–water partition coefficient (Wildman–Crippen LogP) is 3.62.